The predicted octanol–water partition coefficient (Wildman–Crippen LogP) is 7.86. The Hall–Kier alpha value is -3.37. The van der Waals surface area contributed by atoms with Crippen LogP contribution in [0.15, 0.2) is 78.9 Å². The first-order chi connectivity index (χ1) is 18.8. The molecule has 4 heteroatoms. The zero-order valence-corrected chi connectivity index (χ0v) is 24.0. The maximum atomic E-state index is 13.9. The van der Waals surface area contributed by atoms with E-state index in [2.05, 4.69) is 24.0 Å². The number of likely N-dealkylation sites (tertiary alicyclic amines) is 1. The van der Waals surface area contributed by atoms with Crippen LogP contribution in [0, 0.1) is 0 Å². The number of allylic oxidation sites excluding steroid dienone is 2. The molecule has 4 nitrogen and oxygen atoms in total. The highest BCUT2D eigenvalue weighted by Crippen LogP contribution is 2.32. The van der Waals surface area contributed by atoms with E-state index in [1.807, 2.05) is 87.5 Å². The first kappa shape index (κ1) is 28.6. The first-order valence-corrected chi connectivity index (χ1v) is 14.4. The molecule has 39 heavy (non-hydrogen) atoms. The summed E-state index contributed by atoms with van der Waals surface area (Å²) in [7, 11) is 0. The highest BCUT2D eigenvalue weighted by atomic mass is 16.5. The fraction of sp³-hybridized carbons (Fsp3) is 0.400. The number of ether oxygens (including phenoxy) is 2. The minimum atomic E-state index is -0.280. The number of piperidine rings is 1. The Morgan fingerprint density at radius 2 is 1.44 bits per heavy atom. The molecule has 0 aromatic heterocycles. The lowest BCUT2D eigenvalue weighted by Crippen LogP contribution is -2.33. The monoisotopic (exact) mass is 525 g/mol. The zero-order valence-electron chi connectivity index (χ0n) is 24.0. The first-order valence-electron chi connectivity index (χ1n) is 14.4. The number of rotatable bonds is 11. The lowest BCUT2D eigenvalue weighted by molar-refractivity contribution is -0.113. The van der Waals surface area contributed by atoms with Gasteiger partial charge in [0.2, 0.25) is 0 Å². The summed E-state index contributed by atoms with van der Waals surface area (Å²) in [5, 5.41) is 0. The Morgan fingerprint density at radius 3 is 2.05 bits per heavy atom. The molecule has 1 fully saturated rings. The summed E-state index contributed by atoms with van der Waals surface area (Å²) in [4.78, 5) is 16.4. The predicted molar refractivity (Wildman–Crippen MR) is 161 cm³/mol. The molecular formula is C35H43NO3. The minimum absolute atomic E-state index is 0.110. The fourth-order valence-electron chi connectivity index (χ4n) is 5.16. The van der Waals surface area contributed by atoms with Crippen molar-refractivity contribution in [3.8, 4) is 11.5 Å². The van der Waals surface area contributed by atoms with Crippen LogP contribution in [0.25, 0.3) is 11.1 Å². The summed E-state index contributed by atoms with van der Waals surface area (Å²) in [5.74, 6) is 1.76. The second-order valence-electron chi connectivity index (χ2n) is 11.3. The molecule has 3 aromatic rings. The van der Waals surface area contributed by atoms with Crippen molar-refractivity contribution in [2.24, 2.45) is 0 Å². The molecule has 0 unspecified atom stereocenters. The Bertz CT molecular complexity index is 1220. The molecular weight excluding hydrogens is 482 g/mol. The highest BCUT2D eigenvalue weighted by molar-refractivity contribution is 6.28. The highest BCUT2D eigenvalue weighted by Gasteiger charge is 2.20. The van der Waals surface area contributed by atoms with Gasteiger partial charge in [0, 0.05) is 18.5 Å². The van der Waals surface area contributed by atoms with Crippen molar-refractivity contribution in [2.75, 3.05) is 26.2 Å². The van der Waals surface area contributed by atoms with Crippen LogP contribution in [0.2, 0.25) is 0 Å². The third kappa shape index (κ3) is 8.56. The summed E-state index contributed by atoms with van der Waals surface area (Å²) in [5.41, 5.74) is 4.53. The Morgan fingerprint density at radius 1 is 0.795 bits per heavy atom. The van der Waals surface area contributed by atoms with Gasteiger partial charge in [-0.2, -0.15) is 0 Å². The van der Waals surface area contributed by atoms with E-state index in [1.54, 1.807) is 0 Å². The summed E-state index contributed by atoms with van der Waals surface area (Å²) in [6.07, 6.45) is 5.02. The lowest BCUT2D eigenvalue weighted by atomic mass is 9.88. The molecule has 1 heterocycles. The molecule has 0 amide bonds. The summed E-state index contributed by atoms with van der Waals surface area (Å²) < 4.78 is 12.0. The number of benzene rings is 3. The van der Waals surface area contributed by atoms with Crippen molar-refractivity contribution < 1.29 is 14.3 Å². The average Bonchev–Trinajstić information content (AvgIpc) is 2.93. The summed E-state index contributed by atoms with van der Waals surface area (Å²) in [6.45, 7) is 12.2. The van der Waals surface area contributed by atoms with Crippen LogP contribution in [-0.2, 0) is 11.2 Å². The number of nitrogens with zero attached hydrogens (tertiary/aromatic N) is 1. The molecule has 0 bridgehead atoms. The number of carbonyl (C=O) groups is 1. The van der Waals surface area contributed by atoms with Gasteiger partial charge in [-0.25, -0.2) is 0 Å². The van der Waals surface area contributed by atoms with Crippen LogP contribution in [0.5, 0.6) is 11.5 Å². The Balaban J connectivity index is 1.51. The van der Waals surface area contributed by atoms with Gasteiger partial charge in [-0.05, 0) is 99.7 Å². The van der Waals surface area contributed by atoms with E-state index in [-0.39, 0.29) is 11.4 Å². The lowest BCUT2D eigenvalue weighted by Gasteiger charge is -2.26. The quantitative estimate of drug-likeness (QED) is 0.189. The van der Waals surface area contributed by atoms with Crippen LogP contribution in [-0.4, -0.2) is 42.5 Å². The molecule has 0 aliphatic carbocycles. The third-order valence-electron chi connectivity index (χ3n) is 7.04. The largest absolute Gasteiger partial charge is 0.492 e. The SMILES string of the molecule is CCC(=C(C(=O)Cc1ccc(OCCN2CCCCC2)cc1)c1ccc(OC(C)(C)C)cc1)c1ccccc1. The van der Waals surface area contributed by atoms with Gasteiger partial charge >= 0.3 is 0 Å². The van der Waals surface area contributed by atoms with Gasteiger partial charge in [0.15, 0.2) is 5.78 Å². The van der Waals surface area contributed by atoms with Crippen molar-refractivity contribution >= 4 is 16.9 Å². The van der Waals surface area contributed by atoms with Gasteiger partial charge in [-0.3, -0.25) is 9.69 Å². The van der Waals surface area contributed by atoms with Crippen LogP contribution in [0.4, 0.5) is 0 Å². The van der Waals surface area contributed by atoms with Crippen molar-refractivity contribution in [3.05, 3.63) is 95.6 Å². The van der Waals surface area contributed by atoms with Crippen LogP contribution >= 0.6 is 0 Å². The normalized spacial score (nSPS) is 15.0. The summed E-state index contributed by atoms with van der Waals surface area (Å²) >= 11 is 0. The van der Waals surface area contributed by atoms with Crippen LogP contribution in [0.3, 0.4) is 0 Å². The Labute approximate surface area is 234 Å². The molecule has 0 radical (unpaired) electrons. The van der Waals surface area contributed by atoms with Gasteiger partial charge in [-0.1, -0.05) is 67.9 Å². The molecule has 0 saturated carbocycles. The third-order valence-corrected chi connectivity index (χ3v) is 7.04. The molecule has 1 aliphatic heterocycles. The van der Waals surface area contributed by atoms with Gasteiger partial charge in [-0.15, -0.1) is 0 Å². The van der Waals surface area contributed by atoms with Gasteiger partial charge < -0.3 is 9.47 Å². The maximum absolute atomic E-state index is 13.9. The molecule has 3 aromatic carbocycles. The molecule has 0 atom stereocenters. The van der Waals surface area contributed by atoms with Gasteiger partial charge in [0.25, 0.3) is 0 Å². The number of Topliss-reactive ketones (excluding diaryl/α,β-unsaturated/α-hetero) is 1. The van der Waals surface area contributed by atoms with E-state index in [0.717, 1.165) is 52.3 Å². The summed E-state index contributed by atoms with van der Waals surface area (Å²) in [6, 6.07) is 26.2. The number of carbonyl (C=O) groups excluding carboxylic acids is 1. The van der Waals surface area contributed by atoms with E-state index in [1.165, 1.54) is 32.4 Å². The molecule has 0 spiro atoms. The van der Waals surface area contributed by atoms with E-state index in [9.17, 15) is 4.79 Å². The second-order valence-corrected chi connectivity index (χ2v) is 11.3. The van der Waals surface area contributed by atoms with E-state index >= 15 is 0 Å². The second kappa shape index (κ2) is 13.6. The number of hydrogen-bond donors (Lipinski definition) is 0. The molecule has 206 valence electrons. The molecule has 0 N–H and O–H groups in total. The van der Waals surface area contributed by atoms with Crippen LogP contribution in [0.1, 0.15) is 70.1 Å². The van der Waals surface area contributed by atoms with E-state index < -0.39 is 0 Å². The molecule has 1 saturated heterocycles. The van der Waals surface area contributed by atoms with Gasteiger partial charge in [0.1, 0.15) is 23.7 Å². The number of ketones is 1. The standard InChI is InChI=1S/C35H43NO3/c1-5-32(28-12-8-6-9-13-28)34(29-16-20-31(21-17-29)39-35(2,3)4)33(37)26-27-14-18-30(19-15-27)38-25-24-36-22-10-7-11-23-36/h6,8-9,12-21H,5,7,10-11,22-26H2,1-4H3. The average molecular weight is 526 g/mol. The van der Waals surface area contributed by atoms with Crippen molar-refractivity contribution in [2.45, 2.75) is 65.4 Å². The minimum Gasteiger partial charge on any atom is -0.492 e. The van der Waals surface area contributed by atoms with Crippen molar-refractivity contribution in [1.29, 1.82) is 0 Å². The number of hydrogen-bond acceptors (Lipinski definition) is 4. The fourth-order valence-corrected chi connectivity index (χ4v) is 5.16. The topological polar surface area (TPSA) is 38.8 Å². The van der Waals surface area contributed by atoms with Gasteiger partial charge in [0.05, 0.1) is 0 Å². The smallest absolute Gasteiger partial charge is 0.168 e. The molecule has 1 aliphatic rings. The maximum Gasteiger partial charge on any atom is 0.168 e. The Kier molecular flexibility index (Phi) is 10.00. The van der Waals surface area contributed by atoms with Crippen molar-refractivity contribution in [3.63, 3.8) is 0 Å². The van der Waals surface area contributed by atoms with E-state index in [4.69, 9.17) is 9.47 Å². The molecule has 4 rings (SSSR count). The zero-order chi connectivity index (χ0) is 27.7. The van der Waals surface area contributed by atoms with E-state index in [0.29, 0.717) is 13.0 Å². The van der Waals surface area contributed by atoms with Crippen LogP contribution < -0.4 is 9.47 Å². The van der Waals surface area contributed by atoms with Crippen molar-refractivity contribution in [1.82, 2.24) is 4.90 Å².